The standard InChI is InChI=1S/C13H17ClN4/c1-9(2)18-13(11(14)8-17-18)12(15)7-10-3-5-16-6-4-10/h3-6,8-9,12H,7,15H2,1-2H3. The highest BCUT2D eigenvalue weighted by atomic mass is 35.5. The Morgan fingerprint density at radius 2 is 2.00 bits per heavy atom. The SMILES string of the molecule is CC(C)n1ncc(Cl)c1C(N)Cc1ccncc1. The number of aromatic nitrogens is 3. The van der Waals surface area contributed by atoms with E-state index >= 15 is 0 Å². The molecule has 0 spiro atoms. The number of rotatable bonds is 4. The average Bonchev–Trinajstić information content (AvgIpc) is 2.72. The summed E-state index contributed by atoms with van der Waals surface area (Å²) in [6.07, 6.45) is 5.91. The maximum absolute atomic E-state index is 6.25. The Labute approximate surface area is 112 Å². The minimum absolute atomic E-state index is 0.162. The lowest BCUT2D eigenvalue weighted by Gasteiger charge is -2.17. The Bertz CT molecular complexity index is 507. The second kappa shape index (κ2) is 5.50. The van der Waals surface area contributed by atoms with Gasteiger partial charge in [-0.3, -0.25) is 9.67 Å². The number of nitrogens with zero attached hydrogens (tertiary/aromatic N) is 3. The van der Waals surface area contributed by atoms with Crippen molar-refractivity contribution < 1.29 is 0 Å². The van der Waals surface area contributed by atoms with Gasteiger partial charge in [0.25, 0.3) is 0 Å². The van der Waals surface area contributed by atoms with E-state index < -0.39 is 0 Å². The lowest BCUT2D eigenvalue weighted by atomic mass is 10.0. The summed E-state index contributed by atoms with van der Waals surface area (Å²) in [4.78, 5) is 3.99. The zero-order chi connectivity index (χ0) is 13.1. The second-order valence-corrected chi connectivity index (χ2v) is 4.99. The van der Waals surface area contributed by atoms with Gasteiger partial charge in [0, 0.05) is 18.4 Å². The van der Waals surface area contributed by atoms with Gasteiger partial charge < -0.3 is 5.73 Å². The number of pyridine rings is 1. The van der Waals surface area contributed by atoms with E-state index in [0.29, 0.717) is 5.02 Å². The molecule has 2 aromatic rings. The molecule has 2 N–H and O–H groups in total. The smallest absolute Gasteiger partial charge is 0.0834 e. The maximum atomic E-state index is 6.25. The van der Waals surface area contributed by atoms with Crippen LogP contribution in [0.5, 0.6) is 0 Å². The molecular weight excluding hydrogens is 248 g/mol. The van der Waals surface area contributed by atoms with E-state index in [1.54, 1.807) is 18.6 Å². The first-order chi connectivity index (χ1) is 8.59. The molecule has 0 fully saturated rings. The molecule has 2 heterocycles. The summed E-state index contributed by atoms with van der Waals surface area (Å²) in [5, 5.41) is 4.90. The highest BCUT2D eigenvalue weighted by Gasteiger charge is 2.18. The van der Waals surface area contributed by atoms with E-state index in [2.05, 4.69) is 23.9 Å². The van der Waals surface area contributed by atoms with Gasteiger partial charge in [-0.1, -0.05) is 11.6 Å². The van der Waals surface area contributed by atoms with Gasteiger partial charge in [-0.25, -0.2) is 0 Å². The van der Waals surface area contributed by atoms with Crippen molar-refractivity contribution >= 4 is 11.6 Å². The van der Waals surface area contributed by atoms with Gasteiger partial charge >= 0.3 is 0 Å². The molecule has 0 aromatic carbocycles. The van der Waals surface area contributed by atoms with Gasteiger partial charge in [0.15, 0.2) is 0 Å². The van der Waals surface area contributed by atoms with Crippen LogP contribution in [0.1, 0.15) is 37.2 Å². The first-order valence-electron chi connectivity index (χ1n) is 5.97. The summed E-state index contributed by atoms with van der Waals surface area (Å²) in [5.41, 5.74) is 8.28. The highest BCUT2D eigenvalue weighted by Crippen LogP contribution is 2.26. The van der Waals surface area contributed by atoms with E-state index in [9.17, 15) is 0 Å². The third kappa shape index (κ3) is 2.71. The second-order valence-electron chi connectivity index (χ2n) is 4.58. The lowest BCUT2D eigenvalue weighted by Crippen LogP contribution is -2.20. The van der Waals surface area contributed by atoms with Crippen LogP contribution in [0.3, 0.4) is 0 Å². The fraction of sp³-hybridized carbons (Fsp3) is 0.385. The predicted molar refractivity (Wildman–Crippen MR) is 72.5 cm³/mol. The minimum Gasteiger partial charge on any atom is -0.322 e. The zero-order valence-corrected chi connectivity index (χ0v) is 11.3. The van der Waals surface area contributed by atoms with E-state index in [4.69, 9.17) is 17.3 Å². The molecule has 2 rings (SSSR count). The molecule has 1 unspecified atom stereocenters. The lowest BCUT2D eigenvalue weighted by molar-refractivity contribution is 0.485. The summed E-state index contributed by atoms with van der Waals surface area (Å²) in [7, 11) is 0. The molecular formula is C13H17ClN4. The van der Waals surface area contributed by atoms with E-state index in [0.717, 1.165) is 17.7 Å². The summed E-state index contributed by atoms with van der Waals surface area (Å²) in [6, 6.07) is 4.01. The molecule has 0 aliphatic heterocycles. The Morgan fingerprint density at radius 1 is 1.33 bits per heavy atom. The van der Waals surface area contributed by atoms with Gasteiger partial charge in [0.05, 0.1) is 23.0 Å². The minimum atomic E-state index is -0.162. The van der Waals surface area contributed by atoms with Gasteiger partial charge in [-0.15, -0.1) is 0 Å². The van der Waals surface area contributed by atoms with Crippen molar-refractivity contribution in [1.82, 2.24) is 14.8 Å². The van der Waals surface area contributed by atoms with Crippen LogP contribution in [0.25, 0.3) is 0 Å². The van der Waals surface area contributed by atoms with Gasteiger partial charge in [-0.2, -0.15) is 5.10 Å². The number of nitrogens with two attached hydrogens (primary N) is 1. The third-order valence-electron chi connectivity index (χ3n) is 2.83. The van der Waals surface area contributed by atoms with E-state index in [1.165, 1.54) is 0 Å². The zero-order valence-electron chi connectivity index (χ0n) is 10.5. The van der Waals surface area contributed by atoms with E-state index in [-0.39, 0.29) is 12.1 Å². The van der Waals surface area contributed by atoms with Crippen LogP contribution in [0.2, 0.25) is 5.02 Å². The fourth-order valence-corrected chi connectivity index (χ4v) is 2.25. The molecule has 2 aromatic heterocycles. The molecule has 0 aliphatic carbocycles. The molecule has 4 nitrogen and oxygen atoms in total. The predicted octanol–water partition coefficient (Wildman–Crippen LogP) is 2.75. The van der Waals surface area contributed by atoms with E-state index in [1.807, 2.05) is 16.8 Å². The quantitative estimate of drug-likeness (QED) is 0.924. The monoisotopic (exact) mass is 264 g/mol. The van der Waals surface area contributed by atoms with Crippen LogP contribution >= 0.6 is 11.6 Å². The molecule has 18 heavy (non-hydrogen) atoms. The Kier molecular flexibility index (Phi) is 3.99. The fourth-order valence-electron chi connectivity index (χ4n) is 1.98. The molecule has 1 atom stereocenters. The van der Waals surface area contributed by atoms with Crippen LogP contribution in [0.4, 0.5) is 0 Å². The molecule has 0 saturated heterocycles. The number of hydrogen-bond acceptors (Lipinski definition) is 3. The summed E-state index contributed by atoms with van der Waals surface area (Å²) >= 11 is 6.17. The molecule has 96 valence electrons. The first-order valence-corrected chi connectivity index (χ1v) is 6.34. The van der Waals surface area contributed by atoms with Crippen molar-refractivity contribution in [2.45, 2.75) is 32.4 Å². The molecule has 0 bridgehead atoms. The molecule has 0 aliphatic rings. The molecule has 0 amide bonds. The third-order valence-corrected chi connectivity index (χ3v) is 3.12. The first kappa shape index (κ1) is 13.1. The number of hydrogen-bond donors (Lipinski definition) is 1. The van der Waals surface area contributed by atoms with Gasteiger partial charge in [0.2, 0.25) is 0 Å². The Morgan fingerprint density at radius 3 is 2.61 bits per heavy atom. The Hall–Kier alpha value is -1.39. The molecule has 0 radical (unpaired) electrons. The summed E-state index contributed by atoms with van der Waals surface area (Å²) in [5.74, 6) is 0. The average molecular weight is 265 g/mol. The normalized spacial score (nSPS) is 12.9. The van der Waals surface area contributed by atoms with Crippen molar-refractivity contribution in [3.8, 4) is 0 Å². The maximum Gasteiger partial charge on any atom is 0.0834 e. The van der Waals surface area contributed by atoms with Crippen molar-refractivity contribution in [3.05, 3.63) is 47.0 Å². The van der Waals surface area contributed by atoms with Crippen molar-refractivity contribution in [2.24, 2.45) is 5.73 Å². The Balaban J connectivity index is 2.23. The van der Waals surface area contributed by atoms with Crippen molar-refractivity contribution in [2.75, 3.05) is 0 Å². The van der Waals surface area contributed by atoms with Crippen LogP contribution in [-0.2, 0) is 6.42 Å². The van der Waals surface area contributed by atoms with Crippen LogP contribution in [0.15, 0.2) is 30.7 Å². The number of halogens is 1. The molecule has 0 saturated carbocycles. The van der Waals surface area contributed by atoms with Gasteiger partial charge in [0.1, 0.15) is 0 Å². The topological polar surface area (TPSA) is 56.7 Å². The van der Waals surface area contributed by atoms with Crippen LogP contribution in [0, 0.1) is 0 Å². The van der Waals surface area contributed by atoms with Crippen LogP contribution in [-0.4, -0.2) is 14.8 Å². The highest BCUT2D eigenvalue weighted by molar-refractivity contribution is 6.31. The largest absolute Gasteiger partial charge is 0.322 e. The summed E-state index contributed by atoms with van der Waals surface area (Å²) < 4.78 is 1.88. The van der Waals surface area contributed by atoms with Gasteiger partial charge in [-0.05, 0) is 38.0 Å². The van der Waals surface area contributed by atoms with Crippen LogP contribution < -0.4 is 5.73 Å². The van der Waals surface area contributed by atoms with Crippen molar-refractivity contribution in [1.29, 1.82) is 0 Å². The van der Waals surface area contributed by atoms with Crippen molar-refractivity contribution in [3.63, 3.8) is 0 Å². The molecule has 5 heteroatoms. The summed E-state index contributed by atoms with van der Waals surface area (Å²) in [6.45, 7) is 4.12.